The number of hydrogen-bond donors (Lipinski definition) is 3. The molecule has 0 saturated heterocycles. The van der Waals surface area contributed by atoms with E-state index in [2.05, 4.69) is 9.97 Å². The normalized spacial score (nSPS) is 10.6. The number of phenols is 1. The molecule has 0 spiro atoms. The van der Waals surface area contributed by atoms with Crippen molar-refractivity contribution in [2.24, 2.45) is 5.73 Å². The van der Waals surface area contributed by atoms with Gasteiger partial charge in [-0.25, -0.2) is 4.98 Å². The van der Waals surface area contributed by atoms with Crippen LogP contribution in [0.4, 0.5) is 0 Å². The molecule has 0 amide bonds. The Labute approximate surface area is 94.1 Å². The third-order valence-corrected chi connectivity index (χ3v) is 2.46. The summed E-state index contributed by atoms with van der Waals surface area (Å²) in [6.45, 7) is 2.57. The Hall–Kier alpha value is -1.81. The van der Waals surface area contributed by atoms with E-state index in [4.69, 9.17) is 5.73 Å². The number of nitrogens with one attached hydrogen (secondary N) is 1. The van der Waals surface area contributed by atoms with E-state index in [0.717, 1.165) is 29.2 Å². The molecule has 1 heterocycles. The van der Waals surface area contributed by atoms with Crippen molar-refractivity contribution >= 4 is 0 Å². The zero-order valence-corrected chi connectivity index (χ0v) is 9.20. The Morgan fingerprint density at radius 2 is 2.00 bits per heavy atom. The summed E-state index contributed by atoms with van der Waals surface area (Å²) in [5.41, 5.74) is 8.42. The molecule has 0 fully saturated rings. The van der Waals surface area contributed by atoms with Crippen molar-refractivity contribution in [3.63, 3.8) is 0 Å². The van der Waals surface area contributed by atoms with Crippen LogP contribution in [0.3, 0.4) is 0 Å². The van der Waals surface area contributed by atoms with E-state index in [9.17, 15) is 5.11 Å². The predicted octanol–water partition coefficient (Wildman–Crippen LogP) is 1.59. The van der Waals surface area contributed by atoms with Crippen LogP contribution in [-0.4, -0.2) is 21.6 Å². The maximum absolute atomic E-state index is 9.22. The topological polar surface area (TPSA) is 74.9 Å². The molecule has 2 aromatic rings. The van der Waals surface area contributed by atoms with Gasteiger partial charge in [0.1, 0.15) is 11.6 Å². The molecule has 0 aliphatic rings. The number of nitrogens with two attached hydrogens (primary N) is 1. The summed E-state index contributed by atoms with van der Waals surface area (Å²) >= 11 is 0. The predicted molar refractivity (Wildman–Crippen MR) is 63.2 cm³/mol. The van der Waals surface area contributed by atoms with Gasteiger partial charge in [0.15, 0.2) is 0 Å². The monoisotopic (exact) mass is 217 g/mol. The molecular formula is C12H15N3O. The van der Waals surface area contributed by atoms with Crippen LogP contribution < -0.4 is 5.73 Å². The van der Waals surface area contributed by atoms with Gasteiger partial charge in [-0.3, -0.25) is 0 Å². The molecule has 0 unspecified atom stereocenters. The molecule has 16 heavy (non-hydrogen) atoms. The van der Waals surface area contributed by atoms with E-state index in [0.29, 0.717) is 6.54 Å². The number of imidazole rings is 1. The van der Waals surface area contributed by atoms with Crippen molar-refractivity contribution in [1.29, 1.82) is 0 Å². The quantitative estimate of drug-likeness (QED) is 0.730. The second kappa shape index (κ2) is 4.37. The number of aromatic nitrogens is 2. The van der Waals surface area contributed by atoms with Gasteiger partial charge in [-0.05, 0) is 37.7 Å². The molecule has 0 radical (unpaired) electrons. The van der Waals surface area contributed by atoms with Crippen LogP contribution >= 0.6 is 0 Å². The molecule has 4 nitrogen and oxygen atoms in total. The van der Waals surface area contributed by atoms with Gasteiger partial charge < -0.3 is 15.8 Å². The molecule has 0 atom stereocenters. The maximum Gasteiger partial charge on any atom is 0.115 e. The molecule has 0 saturated carbocycles. The average molecular weight is 217 g/mol. The molecular weight excluding hydrogens is 202 g/mol. The van der Waals surface area contributed by atoms with E-state index in [1.54, 1.807) is 12.1 Å². The van der Waals surface area contributed by atoms with Crippen LogP contribution in [-0.2, 0) is 6.42 Å². The third kappa shape index (κ3) is 2.06. The number of aromatic hydroxyl groups is 1. The van der Waals surface area contributed by atoms with Crippen LogP contribution in [0.25, 0.3) is 11.3 Å². The second-order valence-electron chi connectivity index (χ2n) is 3.74. The fourth-order valence-electron chi connectivity index (χ4n) is 1.68. The average Bonchev–Trinajstić information content (AvgIpc) is 2.61. The largest absolute Gasteiger partial charge is 0.508 e. The molecule has 1 aromatic heterocycles. The van der Waals surface area contributed by atoms with Crippen LogP contribution in [0.5, 0.6) is 5.75 Å². The number of aromatic amines is 1. The lowest BCUT2D eigenvalue weighted by atomic mass is 10.1. The van der Waals surface area contributed by atoms with E-state index in [1.165, 1.54) is 0 Å². The first-order valence-corrected chi connectivity index (χ1v) is 5.25. The number of H-pyrrole nitrogens is 1. The van der Waals surface area contributed by atoms with E-state index >= 15 is 0 Å². The molecule has 0 aliphatic heterocycles. The molecule has 0 aliphatic carbocycles. The van der Waals surface area contributed by atoms with Gasteiger partial charge in [0.05, 0.1) is 5.69 Å². The van der Waals surface area contributed by atoms with E-state index in [1.807, 2.05) is 19.1 Å². The zero-order chi connectivity index (χ0) is 11.5. The van der Waals surface area contributed by atoms with Gasteiger partial charge >= 0.3 is 0 Å². The summed E-state index contributed by atoms with van der Waals surface area (Å²) in [5, 5.41) is 9.22. The molecule has 4 N–H and O–H groups in total. The Kier molecular flexibility index (Phi) is 2.92. The highest BCUT2D eigenvalue weighted by Crippen LogP contribution is 2.23. The van der Waals surface area contributed by atoms with Crippen LogP contribution in [0.2, 0.25) is 0 Å². The summed E-state index contributed by atoms with van der Waals surface area (Å²) in [6, 6.07) is 7.02. The zero-order valence-electron chi connectivity index (χ0n) is 9.20. The highest BCUT2D eigenvalue weighted by Gasteiger charge is 2.08. The lowest BCUT2D eigenvalue weighted by Crippen LogP contribution is -2.03. The van der Waals surface area contributed by atoms with Gasteiger partial charge in [0, 0.05) is 17.7 Å². The lowest BCUT2D eigenvalue weighted by molar-refractivity contribution is 0.475. The molecule has 1 aromatic carbocycles. The van der Waals surface area contributed by atoms with Gasteiger partial charge in [-0.15, -0.1) is 0 Å². The Morgan fingerprint density at radius 3 is 2.62 bits per heavy atom. The summed E-state index contributed by atoms with van der Waals surface area (Å²) in [6.07, 6.45) is 0.749. The van der Waals surface area contributed by atoms with Crippen LogP contribution in [0.1, 0.15) is 11.5 Å². The van der Waals surface area contributed by atoms with Crippen molar-refractivity contribution in [3.8, 4) is 17.0 Å². The first-order valence-electron chi connectivity index (χ1n) is 5.25. The summed E-state index contributed by atoms with van der Waals surface area (Å²) in [7, 11) is 0. The van der Waals surface area contributed by atoms with Crippen LogP contribution in [0, 0.1) is 6.92 Å². The minimum absolute atomic E-state index is 0.263. The highest BCUT2D eigenvalue weighted by molar-refractivity contribution is 5.62. The number of rotatable bonds is 3. The minimum Gasteiger partial charge on any atom is -0.508 e. The smallest absolute Gasteiger partial charge is 0.115 e. The summed E-state index contributed by atoms with van der Waals surface area (Å²) in [4.78, 5) is 7.69. The number of benzene rings is 1. The molecule has 84 valence electrons. The number of phenolic OH excluding ortho intramolecular Hbond substituents is 1. The highest BCUT2D eigenvalue weighted by atomic mass is 16.3. The van der Waals surface area contributed by atoms with Crippen molar-refractivity contribution in [2.75, 3.05) is 6.54 Å². The number of nitrogens with zero attached hydrogens (tertiary/aromatic N) is 1. The fourth-order valence-corrected chi connectivity index (χ4v) is 1.68. The molecule has 4 heteroatoms. The molecule has 0 bridgehead atoms. The third-order valence-electron chi connectivity index (χ3n) is 2.46. The van der Waals surface area contributed by atoms with E-state index in [-0.39, 0.29) is 5.75 Å². The summed E-state index contributed by atoms with van der Waals surface area (Å²) in [5.74, 6) is 1.17. The van der Waals surface area contributed by atoms with Crippen LogP contribution in [0.15, 0.2) is 24.3 Å². The standard InChI is InChI=1S/C12H15N3O/c1-8-12(15-11(14-8)6-7-13)9-2-4-10(16)5-3-9/h2-5,16H,6-7,13H2,1H3,(H,14,15). The first kappa shape index (κ1) is 10.7. The first-order chi connectivity index (χ1) is 7.70. The number of aryl methyl sites for hydroxylation is 1. The van der Waals surface area contributed by atoms with Crippen molar-refractivity contribution in [1.82, 2.24) is 9.97 Å². The SMILES string of the molecule is Cc1[nH]c(CCN)nc1-c1ccc(O)cc1. The van der Waals surface area contributed by atoms with Gasteiger partial charge in [0.2, 0.25) is 0 Å². The van der Waals surface area contributed by atoms with Gasteiger partial charge in [0.25, 0.3) is 0 Å². The Balaban J connectivity index is 2.36. The Bertz CT molecular complexity index is 474. The van der Waals surface area contributed by atoms with E-state index < -0.39 is 0 Å². The van der Waals surface area contributed by atoms with Crippen molar-refractivity contribution < 1.29 is 5.11 Å². The summed E-state index contributed by atoms with van der Waals surface area (Å²) < 4.78 is 0. The maximum atomic E-state index is 9.22. The fraction of sp³-hybridized carbons (Fsp3) is 0.250. The van der Waals surface area contributed by atoms with Crippen molar-refractivity contribution in [3.05, 3.63) is 35.8 Å². The van der Waals surface area contributed by atoms with Crippen molar-refractivity contribution in [2.45, 2.75) is 13.3 Å². The Morgan fingerprint density at radius 1 is 1.31 bits per heavy atom. The number of hydrogen-bond acceptors (Lipinski definition) is 3. The van der Waals surface area contributed by atoms with Gasteiger partial charge in [-0.1, -0.05) is 0 Å². The molecule has 2 rings (SSSR count). The minimum atomic E-state index is 0.263. The lowest BCUT2D eigenvalue weighted by Gasteiger charge is -1.98. The van der Waals surface area contributed by atoms with Gasteiger partial charge in [-0.2, -0.15) is 0 Å². The second-order valence-corrected chi connectivity index (χ2v) is 3.74.